The Morgan fingerprint density at radius 1 is 0.923 bits per heavy atom. The van der Waals surface area contributed by atoms with E-state index in [0.29, 0.717) is 18.8 Å². The summed E-state index contributed by atoms with van der Waals surface area (Å²) in [5.74, 6) is -1.02. The molecule has 0 aliphatic carbocycles. The highest BCUT2D eigenvalue weighted by Crippen LogP contribution is 2.15. The molecule has 136 valence electrons. The first-order valence-electron chi connectivity index (χ1n) is 8.97. The van der Waals surface area contributed by atoms with Gasteiger partial charge in [-0.15, -0.1) is 0 Å². The van der Waals surface area contributed by atoms with Gasteiger partial charge in [-0.1, -0.05) is 36.4 Å². The van der Waals surface area contributed by atoms with Gasteiger partial charge in [-0.3, -0.25) is 14.5 Å². The average molecular weight is 351 g/mol. The third kappa shape index (κ3) is 4.49. The number of piperazine rings is 1. The maximum absolute atomic E-state index is 12.4. The van der Waals surface area contributed by atoms with Crippen LogP contribution in [-0.4, -0.2) is 47.8 Å². The quantitative estimate of drug-likeness (QED) is 0.865. The number of nitrogens with one attached hydrogen (secondary N) is 1. The molecule has 1 aliphatic heterocycles. The molecule has 5 heteroatoms. The number of hydrogen-bond acceptors (Lipinski definition) is 3. The Morgan fingerprint density at radius 3 is 2.27 bits per heavy atom. The van der Waals surface area contributed by atoms with Gasteiger partial charge in [-0.05, 0) is 42.7 Å². The van der Waals surface area contributed by atoms with Crippen LogP contribution in [-0.2, 0) is 16.1 Å². The van der Waals surface area contributed by atoms with Crippen molar-refractivity contribution in [1.29, 1.82) is 0 Å². The molecule has 1 aliphatic rings. The van der Waals surface area contributed by atoms with Crippen LogP contribution in [0.5, 0.6) is 0 Å². The first-order valence-corrected chi connectivity index (χ1v) is 8.97. The summed E-state index contributed by atoms with van der Waals surface area (Å²) in [6.07, 6.45) is 0. The SMILES string of the molecule is Cc1ccc(NC(=O)C(=O)N2CCN(Cc3ccccc3)CC2)cc1C. The van der Waals surface area contributed by atoms with Gasteiger partial charge >= 0.3 is 11.8 Å². The van der Waals surface area contributed by atoms with Crippen LogP contribution in [0, 0.1) is 13.8 Å². The monoisotopic (exact) mass is 351 g/mol. The molecule has 26 heavy (non-hydrogen) atoms. The topological polar surface area (TPSA) is 52.7 Å². The number of carbonyl (C=O) groups is 2. The van der Waals surface area contributed by atoms with Gasteiger partial charge in [0.25, 0.3) is 0 Å². The van der Waals surface area contributed by atoms with Crippen molar-refractivity contribution in [1.82, 2.24) is 9.80 Å². The fraction of sp³-hybridized carbons (Fsp3) is 0.333. The van der Waals surface area contributed by atoms with Crippen molar-refractivity contribution in [3.8, 4) is 0 Å². The molecule has 0 radical (unpaired) electrons. The predicted molar refractivity (Wildman–Crippen MR) is 103 cm³/mol. The standard InChI is InChI=1S/C21H25N3O2/c1-16-8-9-19(14-17(16)2)22-20(25)21(26)24-12-10-23(11-13-24)15-18-6-4-3-5-7-18/h3-9,14H,10-13,15H2,1-2H3,(H,22,25). The number of aryl methyl sites for hydroxylation is 2. The fourth-order valence-corrected chi connectivity index (χ4v) is 3.10. The Morgan fingerprint density at radius 2 is 1.62 bits per heavy atom. The summed E-state index contributed by atoms with van der Waals surface area (Å²) in [6, 6.07) is 15.9. The Hall–Kier alpha value is -2.66. The minimum atomic E-state index is -0.565. The molecular formula is C21H25N3O2. The number of rotatable bonds is 3. The molecule has 2 amide bonds. The third-order valence-electron chi connectivity index (χ3n) is 4.87. The molecule has 0 saturated carbocycles. The normalized spacial score (nSPS) is 14.9. The maximum atomic E-state index is 12.4. The molecule has 5 nitrogen and oxygen atoms in total. The number of nitrogens with zero attached hydrogens (tertiary/aromatic N) is 2. The van der Waals surface area contributed by atoms with Gasteiger partial charge in [0.1, 0.15) is 0 Å². The molecule has 1 N–H and O–H groups in total. The second-order valence-electron chi connectivity index (χ2n) is 6.81. The Labute approximate surface area is 154 Å². The molecule has 0 unspecified atom stereocenters. The van der Waals surface area contributed by atoms with E-state index in [-0.39, 0.29) is 0 Å². The van der Waals surface area contributed by atoms with E-state index in [9.17, 15) is 9.59 Å². The Balaban J connectivity index is 1.51. The molecule has 3 rings (SSSR count). The van der Waals surface area contributed by atoms with Gasteiger partial charge in [0.2, 0.25) is 0 Å². The van der Waals surface area contributed by atoms with Gasteiger partial charge < -0.3 is 10.2 Å². The highest BCUT2D eigenvalue weighted by Gasteiger charge is 2.26. The molecule has 0 aromatic heterocycles. The molecule has 1 saturated heterocycles. The number of hydrogen-bond donors (Lipinski definition) is 1. The fourth-order valence-electron chi connectivity index (χ4n) is 3.10. The van der Waals surface area contributed by atoms with E-state index in [4.69, 9.17) is 0 Å². The molecule has 1 fully saturated rings. The van der Waals surface area contributed by atoms with Crippen LogP contribution >= 0.6 is 0 Å². The first-order chi connectivity index (χ1) is 12.5. The van der Waals surface area contributed by atoms with E-state index in [1.807, 2.05) is 50.2 Å². The van der Waals surface area contributed by atoms with Crippen LogP contribution in [0.3, 0.4) is 0 Å². The van der Waals surface area contributed by atoms with Crippen molar-refractivity contribution in [3.63, 3.8) is 0 Å². The van der Waals surface area contributed by atoms with Crippen molar-refractivity contribution in [2.24, 2.45) is 0 Å². The highest BCUT2D eigenvalue weighted by atomic mass is 16.2. The van der Waals surface area contributed by atoms with Crippen LogP contribution in [0.4, 0.5) is 5.69 Å². The minimum absolute atomic E-state index is 0.456. The third-order valence-corrected chi connectivity index (χ3v) is 4.87. The summed E-state index contributed by atoms with van der Waals surface area (Å²) in [4.78, 5) is 28.6. The van der Waals surface area contributed by atoms with Gasteiger partial charge in [-0.2, -0.15) is 0 Å². The van der Waals surface area contributed by atoms with Crippen LogP contribution < -0.4 is 5.32 Å². The molecular weight excluding hydrogens is 326 g/mol. The van der Waals surface area contributed by atoms with Gasteiger partial charge in [0, 0.05) is 38.4 Å². The summed E-state index contributed by atoms with van der Waals surface area (Å²) in [6.45, 7) is 7.57. The summed E-state index contributed by atoms with van der Waals surface area (Å²) in [5, 5.41) is 2.71. The van der Waals surface area contributed by atoms with Crippen LogP contribution in [0.15, 0.2) is 48.5 Å². The lowest BCUT2D eigenvalue weighted by atomic mass is 10.1. The van der Waals surface area contributed by atoms with Crippen molar-refractivity contribution in [2.75, 3.05) is 31.5 Å². The van der Waals surface area contributed by atoms with E-state index in [1.165, 1.54) is 5.56 Å². The van der Waals surface area contributed by atoms with E-state index < -0.39 is 11.8 Å². The molecule has 0 atom stereocenters. The van der Waals surface area contributed by atoms with Crippen molar-refractivity contribution < 1.29 is 9.59 Å². The zero-order chi connectivity index (χ0) is 18.5. The minimum Gasteiger partial charge on any atom is -0.332 e. The second-order valence-corrected chi connectivity index (χ2v) is 6.81. The first kappa shape index (κ1) is 18.1. The van der Waals surface area contributed by atoms with Gasteiger partial charge in [0.05, 0.1) is 0 Å². The van der Waals surface area contributed by atoms with Crippen LogP contribution in [0.1, 0.15) is 16.7 Å². The molecule has 2 aromatic carbocycles. The van der Waals surface area contributed by atoms with Crippen LogP contribution in [0.25, 0.3) is 0 Å². The maximum Gasteiger partial charge on any atom is 0.313 e. The second kappa shape index (κ2) is 8.15. The molecule has 1 heterocycles. The van der Waals surface area contributed by atoms with E-state index in [0.717, 1.165) is 30.8 Å². The van der Waals surface area contributed by atoms with Gasteiger partial charge in [0.15, 0.2) is 0 Å². The highest BCUT2D eigenvalue weighted by molar-refractivity contribution is 6.39. The number of anilines is 1. The van der Waals surface area contributed by atoms with Crippen molar-refractivity contribution >= 4 is 17.5 Å². The lowest BCUT2D eigenvalue weighted by Crippen LogP contribution is -2.51. The number of amides is 2. The molecule has 0 bridgehead atoms. The zero-order valence-corrected chi connectivity index (χ0v) is 15.4. The van der Waals surface area contributed by atoms with E-state index in [1.54, 1.807) is 4.90 Å². The lowest BCUT2D eigenvalue weighted by molar-refractivity contribution is -0.144. The number of benzene rings is 2. The van der Waals surface area contributed by atoms with E-state index >= 15 is 0 Å². The summed E-state index contributed by atoms with van der Waals surface area (Å²) >= 11 is 0. The average Bonchev–Trinajstić information content (AvgIpc) is 2.65. The Kier molecular flexibility index (Phi) is 5.68. The largest absolute Gasteiger partial charge is 0.332 e. The van der Waals surface area contributed by atoms with Crippen molar-refractivity contribution in [2.45, 2.75) is 20.4 Å². The smallest absolute Gasteiger partial charge is 0.313 e. The predicted octanol–water partition coefficient (Wildman–Crippen LogP) is 2.59. The van der Waals surface area contributed by atoms with E-state index in [2.05, 4.69) is 22.3 Å². The zero-order valence-electron chi connectivity index (χ0n) is 15.4. The summed E-state index contributed by atoms with van der Waals surface area (Å²) < 4.78 is 0. The summed E-state index contributed by atoms with van der Waals surface area (Å²) in [5.41, 5.74) is 4.17. The number of carbonyl (C=O) groups excluding carboxylic acids is 2. The molecule has 2 aromatic rings. The van der Waals surface area contributed by atoms with Gasteiger partial charge in [-0.25, -0.2) is 0 Å². The van der Waals surface area contributed by atoms with Crippen LogP contribution in [0.2, 0.25) is 0 Å². The molecule has 0 spiro atoms. The van der Waals surface area contributed by atoms with Crippen molar-refractivity contribution in [3.05, 3.63) is 65.2 Å². The lowest BCUT2D eigenvalue weighted by Gasteiger charge is -2.34. The Bertz CT molecular complexity index is 781. The summed E-state index contributed by atoms with van der Waals surface area (Å²) in [7, 11) is 0.